The quantitative estimate of drug-likeness (QED) is 0.828. The Bertz CT molecular complexity index is 493. The fourth-order valence-electron chi connectivity index (χ4n) is 3.51. The minimum absolute atomic E-state index is 0.199. The van der Waals surface area contributed by atoms with Crippen molar-refractivity contribution in [1.82, 2.24) is 0 Å². The number of aromatic hydroxyl groups is 1. The van der Waals surface area contributed by atoms with Crippen LogP contribution in [0.25, 0.3) is 0 Å². The van der Waals surface area contributed by atoms with Gasteiger partial charge in [0.1, 0.15) is 5.78 Å². The number of Topliss-reactive ketones (excluding diaryl/α,β-unsaturated/α-hetero) is 1. The van der Waals surface area contributed by atoms with E-state index in [0.29, 0.717) is 30.3 Å². The molecule has 0 aliphatic heterocycles. The van der Waals surface area contributed by atoms with Gasteiger partial charge in [0.05, 0.1) is 7.11 Å². The zero-order valence-corrected chi connectivity index (χ0v) is 10.6. The van der Waals surface area contributed by atoms with Gasteiger partial charge in [-0.3, -0.25) is 4.79 Å². The van der Waals surface area contributed by atoms with Gasteiger partial charge in [0.25, 0.3) is 0 Å². The van der Waals surface area contributed by atoms with E-state index in [4.69, 9.17) is 4.74 Å². The topological polar surface area (TPSA) is 46.5 Å². The van der Waals surface area contributed by atoms with Crippen molar-refractivity contribution in [2.24, 2.45) is 5.92 Å². The predicted molar refractivity (Wildman–Crippen MR) is 68.1 cm³/mol. The number of phenols is 1. The van der Waals surface area contributed by atoms with E-state index in [-0.39, 0.29) is 11.7 Å². The Morgan fingerprint density at radius 3 is 2.83 bits per heavy atom. The maximum Gasteiger partial charge on any atom is 0.161 e. The van der Waals surface area contributed by atoms with E-state index < -0.39 is 0 Å². The second-order valence-electron chi connectivity index (χ2n) is 5.38. The lowest BCUT2D eigenvalue weighted by Crippen LogP contribution is -2.28. The Hall–Kier alpha value is -1.51. The van der Waals surface area contributed by atoms with E-state index in [2.05, 4.69) is 0 Å². The number of benzene rings is 1. The number of hydrogen-bond donors (Lipinski definition) is 1. The molecule has 2 aliphatic carbocycles. The van der Waals surface area contributed by atoms with Gasteiger partial charge in [-0.15, -0.1) is 0 Å². The minimum Gasteiger partial charge on any atom is -0.504 e. The lowest BCUT2D eigenvalue weighted by Gasteiger charge is -2.37. The molecule has 3 rings (SSSR count). The number of aryl methyl sites for hydroxylation is 1. The van der Waals surface area contributed by atoms with E-state index in [1.807, 2.05) is 12.1 Å². The average Bonchev–Trinajstić information content (AvgIpc) is 2.38. The molecular formula is C15H18O3. The summed E-state index contributed by atoms with van der Waals surface area (Å²) in [5, 5.41) is 10.3. The van der Waals surface area contributed by atoms with E-state index >= 15 is 0 Å². The first-order chi connectivity index (χ1) is 8.70. The molecule has 0 heterocycles. The van der Waals surface area contributed by atoms with Gasteiger partial charge >= 0.3 is 0 Å². The van der Waals surface area contributed by atoms with Crippen LogP contribution in [0.15, 0.2) is 12.1 Å². The number of rotatable bonds is 1. The molecule has 1 aromatic carbocycles. The van der Waals surface area contributed by atoms with Gasteiger partial charge in [-0.1, -0.05) is 6.07 Å². The summed E-state index contributed by atoms with van der Waals surface area (Å²) in [6.07, 6.45) is 4.40. The van der Waals surface area contributed by atoms with Crippen molar-refractivity contribution in [3.63, 3.8) is 0 Å². The van der Waals surface area contributed by atoms with Gasteiger partial charge in [0, 0.05) is 18.4 Å². The monoisotopic (exact) mass is 246 g/mol. The Labute approximate surface area is 107 Å². The SMILES string of the molecule is COc1ccc2c(c1O)C1CC(=O)CCC1CC2. The lowest BCUT2D eigenvalue weighted by atomic mass is 9.67. The predicted octanol–water partition coefficient (Wildman–Crippen LogP) is 2.80. The summed E-state index contributed by atoms with van der Waals surface area (Å²) >= 11 is 0. The molecule has 0 saturated heterocycles. The summed E-state index contributed by atoms with van der Waals surface area (Å²) < 4.78 is 5.18. The average molecular weight is 246 g/mol. The molecule has 2 atom stereocenters. The normalized spacial score (nSPS) is 26.4. The van der Waals surface area contributed by atoms with Gasteiger partial charge in [0.15, 0.2) is 11.5 Å². The molecule has 0 amide bonds. The van der Waals surface area contributed by atoms with Crippen molar-refractivity contribution in [3.8, 4) is 11.5 Å². The van der Waals surface area contributed by atoms with Crippen LogP contribution < -0.4 is 4.74 Å². The molecular weight excluding hydrogens is 228 g/mol. The lowest BCUT2D eigenvalue weighted by molar-refractivity contribution is -0.121. The summed E-state index contributed by atoms with van der Waals surface area (Å²) in [6.45, 7) is 0. The molecule has 1 aromatic rings. The van der Waals surface area contributed by atoms with Crippen LogP contribution >= 0.6 is 0 Å². The molecule has 1 N–H and O–H groups in total. The highest BCUT2D eigenvalue weighted by atomic mass is 16.5. The van der Waals surface area contributed by atoms with Crippen LogP contribution in [0.4, 0.5) is 0 Å². The van der Waals surface area contributed by atoms with Gasteiger partial charge in [-0.2, -0.15) is 0 Å². The van der Waals surface area contributed by atoms with E-state index in [1.165, 1.54) is 5.56 Å². The van der Waals surface area contributed by atoms with E-state index in [1.54, 1.807) is 7.11 Å². The van der Waals surface area contributed by atoms with Crippen LogP contribution in [0.3, 0.4) is 0 Å². The van der Waals surface area contributed by atoms with E-state index in [0.717, 1.165) is 24.8 Å². The number of methoxy groups -OCH3 is 1. The maximum atomic E-state index is 11.7. The van der Waals surface area contributed by atoms with Gasteiger partial charge in [-0.25, -0.2) is 0 Å². The van der Waals surface area contributed by atoms with E-state index in [9.17, 15) is 9.90 Å². The molecule has 1 fully saturated rings. The zero-order chi connectivity index (χ0) is 12.7. The molecule has 0 bridgehead atoms. The zero-order valence-electron chi connectivity index (χ0n) is 10.6. The molecule has 2 aliphatic rings. The molecule has 18 heavy (non-hydrogen) atoms. The second kappa shape index (κ2) is 4.30. The van der Waals surface area contributed by atoms with Crippen LogP contribution in [-0.2, 0) is 11.2 Å². The Kier molecular flexibility index (Phi) is 2.77. The summed E-state index contributed by atoms with van der Waals surface area (Å²) in [5.74, 6) is 1.84. The molecule has 96 valence electrons. The first-order valence-electron chi connectivity index (χ1n) is 6.61. The van der Waals surface area contributed by atoms with Crippen molar-refractivity contribution in [2.45, 2.75) is 38.0 Å². The van der Waals surface area contributed by atoms with Gasteiger partial charge < -0.3 is 9.84 Å². The third-order valence-corrected chi connectivity index (χ3v) is 4.46. The number of carbonyl (C=O) groups is 1. The van der Waals surface area contributed by atoms with Crippen LogP contribution in [0.5, 0.6) is 11.5 Å². The fraction of sp³-hybridized carbons (Fsp3) is 0.533. The highest BCUT2D eigenvalue weighted by molar-refractivity contribution is 5.80. The number of fused-ring (bicyclic) bond motifs is 3. The molecule has 1 saturated carbocycles. The number of phenolic OH excluding ortho intramolecular Hbond substituents is 1. The van der Waals surface area contributed by atoms with Crippen LogP contribution in [0, 0.1) is 5.92 Å². The first-order valence-corrected chi connectivity index (χ1v) is 6.61. The summed E-state index contributed by atoms with van der Waals surface area (Å²) in [4.78, 5) is 11.7. The van der Waals surface area contributed by atoms with Crippen LogP contribution in [0.1, 0.15) is 42.7 Å². The van der Waals surface area contributed by atoms with Crippen molar-refractivity contribution >= 4 is 5.78 Å². The molecule has 3 heteroatoms. The Balaban J connectivity index is 2.08. The molecule has 0 radical (unpaired) electrons. The van der Waals surface area contributed by atoms with Gasteiger partial charge in [-0.05, 0) is 42.7 Å². The first kappa shape index (κ1) is 11.6. The summed E-state index contributed by atoms with van der Waals surface area (Å²) in [5.41, 5.74) is 2.16. The number of carbonyl (C=O) groups excluding carboxylic acids is 1. The number of ketones is 1. The number of hydrogen-bond acceptors (Lipinski definition) is 3. The standard InChI is InChI=1S/C15H18O3/c1-18-13-7-5-10-3-2-9-4-6-11(16)8-12(9)14(10)15(13)17/h5,7,9,12,17H,2-4,6,8H2,1H3. The molecule has 3 nitrogen and oxygen atoms in total. The van der Waals surface area contributed by atoms with Crippen molar-refractivity contribution in [2.75, 3.05) is 7.11 Å². The highest BCUT2D eigenvalue weighted by Crippen LogP contribution is 2.49. The van der Waals surface area contributed by atoms with Crippen LogP contribution in [-0.4, -0.2) is 18.0 Å². The third-order valence-electron chi connectivity index (χ3n) is 4.46. The fourth-order valence-corrected chi connectivity index (χ4v) is 3.51. The smallest absolute Gasteiger partial charge is 0.161 e. The molecule has 0 aromatic heterocycles. The summed E-state index contributed by atoms with van der Waals surface area (Å²) in [6, 6.07) is 3.85. The Morgan fingerprint density at radius 2 is 2.06 bits per heavy atom. The number of ether oxygens (including phenoxy) is 1. The van der Waals surface area contributed by atoms with Gasteiger partial charge in [0.2, 0.25) is 0 Å². The van der Waals surface area contributed by atoms with Crippen LogP contribution in [0.2, 0.25) is 0 Å². The molecule has 2 unspecified atom stereocenters. The van der Waals surface area contributed by atoms with Crippen molar-refractivity contribution in [3.05, 3.63) is 23.3 Å². The Morgan fingerprint density at radius 1 is 1.28 bits per heavy atom. The third kappa shape index (κ3) is 1.69. The maximum absolute atomic E-state index is 11.7. The van der Waals surface area contributed by atoms with Crippen molar-refractivity contribution < 1.29 is 14.6 Å². The second-order valence-corrected chi connectivity index (χ2v) is 5.38. The largest absolute Gasteiger partial charge is 0.504 e. The minimum atomic E-state index is 0.199. The highest BCUT2D eigenvalue weighted by Gasteiger charge is 2.37. The summed E-state index contributed by atoms with van der Waals surface area (Å²) in [7, 11) is 1.56. The molecule has 0 spiro atoms. The van der Waals surface area contributed by atoms with Crippen molar-refractivity contribution in [1.29, 1.82) is 0 Å².